The topological polar surface area (TPSA) is 57.2 Å². The van der Waals surface area contributed by atoms with Crippen molar-refractivity contribution in [2.24, 2.45) is 0 Å². The van der Waals surface area contributed by atoms with Crippen molar-refractivity contribution >= 4 is 17.5 Å². The standard InChI is InChI=1S/C27H28ClNO5/c1-31-23-10-5-17(14-24(23)32-2)13-22-21-16-26(34-4)25(33-3)15-19(21)11-12-29(22)27(30)18-6-8-20(28)9-7-18/h5-10,14-16,22H,11-13H2,1-4H3/t22-/m0/s1. The number of ether oxygens (including phenoxy) is 4. The molecule has 1 aliphatic rings. The molecule has 0 aliphatic carbocycles. The maximum Gasteiger partial charge on any atom is 0.254 e. The highest BCUT2D eigenvalue weighted by atomic mass is 35.5. The van der Waals surface area contributed by atoms with Crippen LogP contribution in [0.3, 0.4) is 0 Å². The van der Waals surface area contributed by atoms with Gasteiger partial charge in [0.25, 0.3) is 5.91 Å². The van der Waals surface area contributed by atoms with E-state index in [4.69, 9.17) is 30.5 Å². The first-order valence-electron chi connectivity index (χ1n) is 11.0. The predicted molar refractivity (Wildman–Crippen MR) is 132 cm³/mol. The molecule has 1 amide bonds. The summed E-state index contributed by atoms with van der Waals surface area (Å²) in [7, 11) is 6.48. The van der Waals surface area contributed by atoms with Crippen molar-refractivity contribution in [1.29, 1.82) is 0 Å². The predicted octanol–water partition coefficient (Wildman–Crippen LogP) is 5.36. The lowest BCUT2D eigenvalue weighted by atomic mass is 9.87. The second kappa shape index (κ2) is 10.3. The third kappa shape index (κ3) is 4.64. The fraction of sp³-hybridized carbons (Fsp3) is 0.296. The quantitative estimate of drug-likeness (QED) is 0.455. The van der Waals surface area contributed by atoms with Crippen LogP contribution < -0.4 is 18.9 Å². The normalized spacial score (nSPS) is 14.9. The Bertz CT molecular complexity index is 1180. The van der Waals surface area contributed by atoms with Gasteiger partial charge in [-0.05, 0) is 78.1 Å². The molecule has 178 valence electrons. The molecule has 4 rings (SSSR count). The monoisotopic (exact) mass is 481 g/mol. The van der Waals surface area contributed by atoms with Crippen LogP contribution in [-0.2, 0) is 12.8 Å². The highest BCUT2D eigenvalue weighted by Crippen LogP contribution is 2.41. The van der Waals surface area contributed by atoms with E-state index in [9.17, 15) is 4.79 Å². The maximum atomic E-state index is 13.6. The van der Waals surface area contributed by atoms with E-state index in [-0.39, 0.29) is 11.9 Å². The van der Waals surface area contributed by atoms with Crippen LogP contribution in [0, 0.1) is 0 Å². The number of carbonyl (C=O) groups is 1. The number of nitrogens with zero attached hydrogens (tertiary/aromatic N) is 1. The van der Waals surface area contributed by atoms with E-state index >= 15 is 0 Å². The van der Waals surface area contributed by atoms with E-state index in [0.29, 0.717) is 46.5 Å². The number of methoxy groups -OCH3 is 4. The van der Waals surface area contributed by atoms with Gasteiger partial charge in [-0.2, -0.15) is 0 Å². The largest absolute Gasteiger partial charge is 0.493 e. The highest BCUT2D eigenvalue weighted by Gasteiger charge is 2.33. The van der Waals surface area contributed by atoms with Gasteiger partial charge in [0, 0.05) is 17.1 Å². The molecule has 0 N–H and O–H groups in total. The molecule has 0 aromatic heterocycles. The van der Waals surface area contributed by atoms with Crippen LogP contribution in [-0.4, -0.2) is 45.8 Å². The van der Waals surface area contributed by atoms with Gasteiger partial charge in [-0.15, -0.1) is 0 Å². The minimum Gasteiger partial charge on any atom is -0.493 e. The molecule has 0 unspecified atom stereocenters. The Labute approximate surface area is 205 Å². The molecule has 0 radical (unpaired) electrons. The van der Waals surface area contributed by atoms with Gasteiger partial charge < -0.3 is 23.8 Å². The van der Waals surface area contributed by atoms with Crippen LogP contribution in [0.2, 0.25) is 5.02 Å². The van der Waals surface area contributed by atoms with Crippen molar-refractivity contribution in [2.45, 2.75) is 18.9 Å². The number of amides is 1. The molecule has 1 heterocycles. The Morgan fingerprint density at radius 1 is 0.853 bits per heavy atom. The number of rotatable bonds is 7. The van der Waals surface area contributed by atoms with Crippen LogP contribution >= 0.6 is 11.6 Å². The Morgan fingerprint density at radius 3 is 2.12 bits per heavy atom. The van der Waals surface area contributed by atoms with Gasteiger partial charge in [0.05, 0.1) is 34.5 Å². The van der Waals surface area contributed by atoms with Crippen molar-refractivity contribution in [3.63, 3.8) is 0 Å². The van der Waals surface area contributed by atoms with Crippen LogP contribution in [0.5, 0.6) is 23.0 Å². The molecule has 0 spiro atoms. The number of benzene rings is 3. The van der Waals surface area contributed by atoms with Crippen LogP contribution in [0.4, 0.5) is 0 Å². The molecule has 0 bridgehead atoms. The van der Waals surface area contributed by atoms with Gasteiger partial charge in [-0.25, -0.2) is 0 Å². The molecular formula is C27H28ClNO5. The molecule has 0 saturated carbocycles. The minimum atomic E-state index is -0.204. The summed E-state index contributed by atoms with van der Waals surface area (Å²) in [4.78, 5) is 15.5. The Kier molecular flexibility index (Phi) is 7.17. The third-order valence-electron chi connectivity index (χ3n) is 6.23. The lowest BCUT2D eigenvalue weighted by Gasteiger charge is -2.38. The van der Waals surface area contributed by atoms with Crippen LogP contribution in [0.15, 0.2) is 54.6 Å². The second-order valence-corrected chi connectivity index (χ2v) is 8.51. The third-order valence-corrected chi connectivity index (χ3v) is 6.48. The van der Waals surface area contributed by atoms with Gasteiger partial charge >= 0.3 is 0 Å². The van der Waals surface area contributed by atoms with E-state index in [1.165, 1.54) is 0 Å². The summed E-state index contributed by atoms with van der Waals surface area (Å²) in [6.07, 6.45) is 1.32. The van der Waals surface area contributed by atoms with Crippen molar-refractivity contribution in [3.05, 3.63) is 81.9 Å². The van der Waals surface area contributed by atoms with E-state index in [1.807, 2.05) is 35.2 Å². The number of halogens is 1. The zero-order valence-corrected chi connectivity index (χ0v) is 20.5. The maximum absolute atomic E-state index is 13.6. The lowest BCUT2D eigenvalue weighted by molar-refractivity contribution is 0.0659. The number of carbonyl (C=O) groups excluding carboxylic acids is 1. The molecule has 6 nitrogen and oxygen atoms in total. The summed E-state index contributed by atoms with van der Waals surface area (Å²) in [5.41, 5.74) is 3.81. The van der Waals surface area contributed by atoms with Crippen molar-refractivity contribution < 1.29 is 23.7 Å². The fourth-order valence-corrected chi connectivity index (χ4v) is 4.61. The first-order valence-corrected chi connectivity index (χ1v) is 11.4. The lowest BCUT2D eigenvalue weighted by Crippen LogP contribution is -2.41. The average molecular weight is 482 g/mol. The molecule has 3 aromatic rings. The summed E-state index contributed by atoms with van der Waals surface area (Å²) < 4.78 is 22.0. The highest BCUT2D eigenvalue weighted by molar-refractivity contribution is 6.30. The number of hydrogen-bond acceptors (Lipinski definition) is 5. The van der Waals surface area contributed by atoms with Crippen LogP contribution in [0.1, 0.15) is 33.1 Å². The van der Waals surface area contributed by atoms with E-state index < -0.39 is 0 Å². The molecular weight excluding hydrogens is 454 g/mol. The summed E-state index contributed by atoms with van der Waals surface area (Å²) in [5.74, 6) is 2.60. The van der Waals surface area contributed by atoms with E-state index in [1.54, 1.807) is 52.7 Å². The molecule has 0 fully saturated rings. The smallest absolute Gasteiger partial charge is 0.254 e. The van der Waals surface area contributed by atoms with Crippen molar-refractivity contribution in [1.82, 2.24) is 4.90 Å². The number of fused-ring (bicyclic) bond motifs is 1. The second-order valence-electron chi connectivity index (χ2n) is 8.07. The Morgan fingerprint density at radius 2 is 1.47 bits per heavy atom. The van der Waals surface area contributed by atoms with Gasteiger partial charge in [-0.1, -0.05) is 17.7 Å². The van der Waals surface area contributed by atoms with Crippen molar-refractivity contribution in [3.8, 4) is 23.0 Å². The van der Waals surface area contributed by atoms with Gasteiger partial charge in [-0.3, -0.25) is 4.79 Å². The fourth-order valence-electron chi connectivity index (χ4n) is 4.48. The summed E-state index contributed by atoms with van der Waals surface area (Å²) in [6.45, 7) is 0.585. The zero-order valence-electron chi connectivity index (χ0n) is 19.8. The van der Waals surface area contributed by atoms with Crippen molar-refractivity contribution in [2.75, 3.05) is 35.0 Å². The van der Waals surface area contributed by atoms with Gasteiger partial charge in [0.2, 0.25) is 0 Å². The van der Waals surface area contributed by atoms with E-state index in [2.05, 4.69) is 0 Å². The SMILES string of the molecule is COc1ccc(C[C@H]2c3cc(OC)c(OC)cc3CCN2C(=O)c2ccc(Cl)cc2)cc1OC. The average Bonchev–Trinajstić information content (AvgIpc) is 2.87. The molecule has 1 atom stereocenters. The van der Waals surface area contributed by atoms with Gasteiger partial charge in [0.15, 0.2) is 23.0 Å². The number of hydrogen-bond donors (Lipinski definition) is 0. The molecule has 0 saturated heterocycles. The summed E-state index contributed by atoms with van der Waals surface area (Å²) in [6, 6.07) is 16.7. The van der Waals surface area contributed by atoms with Gasteiger partial charge in [0.1, 0.15) is 0 Å². The first-order chi connectivity index (χ1) is 16.5. The molecule has 3 aromatic carbocycles. The molecule has 34 heavy (non-hydrogen) atoms. The molecule has 7 heteroatoms. The Balaban J connectivity index is 1.78. The first kappa shape index (κ1) is 23.8. The Hall–Kier alpha value is -3.38. The molecule has 1 aliphatic heterocycles. The summed E-state index contributed by atoms with van der Waals surface area (Å²) in [5, 5.41) is 0.597. The minimum absolute atomic E-state index is 0.0393. The summed E-state index contributed by atoms with van der Waals surface area (Å²) >= 11 is 6.05. The van der Waals surface area contributed by atoms with E-state index in [0.717, 1.165) is 23.1 Å². The zero-order chi connectivity index (χ0) is 24.2. The van der Waals surface area contributed by atoms with Crippen LogP contribution in [0.25, 0.3) is 0 Å².